The first-order chi connectivity index (χ1) is 7.29. The predicted molar refractivity (Wildman–Crippen MR) is 54.9 cm³/mol. The van der Waals surface area contributed by atoms with Gasteiger partial charge in [-0.1, -0.05) is 12.2 Å². The lowest BCUT2D eigenvalue weighted by atomic mass is 9.89. The summed E-state index contributed by atoms with van der Waals surface area (Å²) < 4.78 is 5.54. The number of ether oxygens (including phenoxy) is 1. The van der Waals surface area contributed by atoms with Crippen molar-refractivity contribution in [3.8, 4) is 0 Å². The van der Waals surface area contributed by atoms with Gasteiger partial charge in [0, 0.05) is 18.8 Å². The van der Waals surface area contributed by atoms with Gasteiger partial charge < -0.3 is 4.74 Å². The van der Waals surface area contributed by atoms with Crippen LogP contribution in [0.15, 0.2) is 12.2 Å². The van der Waals surface area contributed by atoms with Crippen LogP contribution in [0.1, 0.15) is 19.8 Å². The van der Waals surface area contributed by atoms with Crippen molar-refractivity contribution in [2.45, 2.75) is 25.9 Å². The van der Waals surface area contributed by atoms with Crippen molar-refractivity contribution >= 4 is 5.97 Å². The van der Waals surface area contributed by atoms with Gasteiger partial charge in [-0.25, -0.2) is 0 Å². The molecule has 2 nitrogen and oxygen atoms in total. The zero-order valence-electron chi connectivity index (χ0n) is 8.93. The maximum absolute atomic E-state index is 11.1. The van der Waals surface area contributed by atoms with Gasteiger partial charge in [-0.15, -0.1) is 0 Å². The van der Waals surface area contributed by atoms with E-state index in [1.54, 1.807) is 6.92 Å². The third-order valence-electron chi connectivity index (χ3n) is 5.21. The highest BCUT2D eigenvalue weighted by Gasteiger charge is 2.78. The van der Waals surface area contributed by atoms with Gasteiger partial charge in [0.05, 0.1) is 0 Å². The second-order valence-corrected chi connectivity index (χ2v) is 5.65. The van der Waals surface area contributed by atoms with E-state index in [9.17, 15) is 4.79 Å². The highest BCUT2D eigenvalue weighted by molar-refractivity contribution is 5.66. The van der Waals surface area contributed by atoms with Crippen molar-refractivity contribution in [1.82, 2.24) is 0 Å². The van der Waals surface area contributed by atoms with Gasteiger partial charge in [0.25, 0.3) is 0 Å². The van der Waals surface area contributed by atoms with E-state index in [0.717, 1.165) is 29.6 Å². The van der Waals surface area contributed by atoms with Crippen molar-refractivity contribution in [2.75, 3.05) is 0 Å². The lowest BCUT2D eigenvalue weighted by Crippen LogP contribution is -2.25. The Hall–Kier alpha value is -0.790. The summed E-state index contributed by atoms with van der Waals surface area (Å²) >= 11 is 0. The van der Waals surface area contributed by atoms with Gasteiger partial charge >= 0.3 is 5.97 Å². The molecule has 0 radical (unpaired) electrons. The third-order valence-corrected chi connectivity index (χ3v) is 5.21. The Kier molecular flexibility index (Phi) is 1.38. The molecular weight excluding hydrogens is 188 g/mol. The lowest BCUT2D eigenvalue weighted by Gasteiger charge is -2.22. The number of allylic oxidation sites excluding steroid dienone is 2. The van der Waals surface area contributed by atoms with E-state index in [2.05, 4.69) is 12.2 Å². The molecule has 0 N–H and O–H groups in total. The number of esters is 1. The van der Waals surface area contributed by atoms with Crippen molar-refractivity contribution in [2.24, 2.45) is 35.5 Å². The van der Waals surface area contributed by atoms with Crippen LogP contribution in [0.25, 0.3) is 0 Å². The fraction of sp³-hybridized carbons (Fsp3) is 0.769. The molecule has 7 atom stereocenters. The maximum atomic E-state index is 11.1. The molecule has 2 unspecified atom stereocenters. The van der Waals surface area contributed by atoms with Gasteiger partial charge in [0.15, 0.2) is 0 Å². The molecule has 4 saturated carbocycles. The quantitative estimate of drug-likeness (QED) is 0.482. The van der Waals surface area contributed by atoms with Gasteiger partial charge in [-0.05, 0) is 36.5 Å². The first-order valence-electron chi connectivity index (χ1n) is 6.11. The lowest BCUT2D eigenvalue weighted by molar-refractivity contribution is -0.148. The molecule has 2 heteroatoms. The first-order valence-corrected chi connectivity index (χ1v) is 6.11. The zero-order valence-corrected chi connectivity index (χ0v) is 8.93. The molecule has 0 aromatic rings. The molecule has 5 rings (SSSR count). The van der Waals surface area contributed by atoms with Crippen molar-refractivity contribution in [3.63, 3.8) is 0 Å². The van der Waals surface area contributed by atoms with Crippen LogP contribution in [0.4, 0.5) is 0 Å². The van der Waals surface area contributed by atoms with E-state index in [-0.39, 0.29) is 12.1 Å². The minimum Gasteiger partial charge on any atom is -0.462 e. The molecule has 0 heterocycles. The molecule has 80 valence electrons. The SMILES string of the molecule is CC(=O)O[C@H]1C2[C@@H]3[C@H]2[C@H]2CC=CC[C@@H]3C12. The van der Waals surface area contributed by atoms with Gasteiger partial charge in [0.1, 0.15) is 6.10 Å². The fourth-order valence-electron chi connectivity index (χ4n) is 5.02. The third kappa shape index (κ3) is 0.849. The number of carbonyl (C=O) groups is 1. The summed E-state index contributed by atoms with van der Waals surface area (Å²) in [6.45, 7) is 1.55. The molecule has 0 aromatic heterocycles. The zero-order chi connectivity index (χ0) is 10.2. The normalized spacial score (nSPS) is 57.8. The highest BCUT2D eigenvalue weighted by Crippen LogP contribution is 2.78. The molecule has 0 aromatic carbocycles. The van der Waals surface area contributed by atoms with E-state index >= 15 is 0 Å². The summed E-state index contributed by atoms with van der Waals surface area (Å²) in [6, 6.07) is 0. The van der Waals surface area contributed by atoms with Crippen LogP contribution in [0.5, 0.6) is 0 Å². The van der Waals surface area contributed by atoms with Gasteiger partial charge in [0.2, 0.25) is 0 Å². The highest BCUT2D eigenvalue weighted by atomic mass is 16.5. The fourth-order valence-corrected chi connectivity index (χ4v) is 5.02. The van der Waals surface area contributed by atoms with Crippen molar-refractivity contribution in [3.05, 3.63) is 12.2 Å². The smallest absolute Gasteiger partial charge is 0.302 e. The van der Waals surface area contributed by atoms with Crippen molar-refractivity contribution in [1.29, 1.82) is 0 Å². The van der Waals surface area contributed by atoms with Gasteiger partial charge in [-0.2, -0.15) is 0 Å². The van der Waals surface area contributed by atoms with Crippen LogP contribution in [0.2, 0.25) is 0 Å². The van der Waals surface area contributed by atoms with E-state index < -0.39 is 0 Å². The summed E-state index contributed by atoms with van der Waals surface area (Å²) in [5.41, 5.74) is 0. The molecule has 0 amide bonds. The minimum atomic E-state index is -0.0806. The van der Waals surface area contributed by atoms with Crippen LogP contribution in [0.3, 0.4) is 0 Å². The standard InChI is InChI=1S/C13H16O2/c1-6(14)15-13-9-7-4-2-3-5-8(9)11-10(7)12(11)13/h2-3,7-13H,4-5H2,1H3/t7-,8+,9?,10+,11-,12?,13-/m1/s1. The molecule has 0 aliphatic heterocycles. The molecule has 5 aliphatic carbocycles. The molecule has 4 fully saturated rings. The monoisotopic (exact) mass is 204 g/mol. The van der Waals surface area contributed by atoms with Crippen LogP contribution in [-0.4, -0.2) is 12.1 Å². The molecular formula is C13H16O2. The Morgan fingerprint density at radius 3 is 2.20 bits per heavy atom. The molecule has 5 aliphatic rings. The Morgan fingerprint density at radius 1 is 1.07 bits per heavy atom. The number of hydrogen-bond acceptors (Lipinski definition) is 2. The summed E-state index contributed by atoms with van der Waals surface area (Å²) in [5, 5.41) is 0. The van der Waals surface area contributed by atoms with E-state index in [4.69, 9.17) is 4.74 Å². The summed E-state index contributed by atoms with van der Waals surface area (Å²) in [7, 11) is 0. The maximum Gasteiger partial charge on any atom is 0.302 e. The Morgan fingerprint density at radius 2 is 1.67 bits per heavy atom. The summed E-state index contributed by atoms with van der Waals surface area (Å²) in [4.78, 5) is 11.1. The Balaban J connectivity index is 1.67. The van der Waals surface area contributed by atoms with Crippen molar-refractivity contribution < 1.29 is 9.53 Å². The Bertz CT molecular complexity index is 338. The Labute approximate surface area is 89.7 Å². The van der Waals surface area contributed by atoms with Crippen LogP contribution in [0, 0.1) is 35.5 Å². The molecule has 0 saturated heterocycles. The van der Waals surface area contributed by atoms with E-state index in [0.29, 0.717) is 5.92 Å². The van der Waals surface area contributed by atoms with E-state index in [1.165, 1.54) is 12.8 Å². The second kappa shape index (κ2) is 2.47. The number of rotatable bonds is 1. The van der Waals surface area contributed by atoms with E-state index in [1.807, 2.05) is 0 Å². The average molecular weight is 204 g/mol. The van der Waals surface area contributed by atoms with Crippen LogP contribution in [-0.2, 0) is 9.53 Å². The second-order valence-electron chi connectivity index (χ2n) is 5.65. The first kappa shape index (κ1) is 8.37. The number of hydrogen-bond donors (Lipinski definition) is 0. The number of carbonyl (C=O) groups excluding carboxylic acids is 1. The molecule has 6 bridgehead atoms. The largest absolute Gasteiger partial charge is 0.462 e. The van der Waals surface area contributed by atoms with Gasteiger partial charge in [-0.3, -0.25) is 4.79 Å². The van der Waals surface area contributed by atoms with Crippen LogP contribution < -0.4 is 0 Å². The van der Waals surface area contributed by atoms with Crippen LogP contribution >= 0.6 is 0 Å². The molecule has 0 spiro atoms. The summed E-state index contributed by atoms with van der Waals surface area (Å²) in [5.74, 6) is 4.87. The predicted octanol–water partition coefficient (Wildman–Crippen LogP) is 2.01. The molecule has 15 heavy (non-hydrogen) atoms. The summed E-state index contributed by atoms with van der Waals surface area (Å²) in [6.07, 6.45) is 7.44. The minimum absolute atomic E-state index is 0.0806. The average Bonchev–Trinajstić information content (AvgIpc) is 2.63. The topological polar surface area (TPSA) is 26.3 Å².